The minimum absolute atomic E-state index is 0.0444. The van der Waals surface area contributed by atoms with E-state index in [1.165, 1.54) is 84.6 Å². The lowest BCUT2D eigenvalue weighted by Gasteiger charge is -2.28. The molecular formula is C70H85N11O19S. The third-order valence-corrected chi connectivity index (χ3v) is 16.7. The Morgan fingerprint density at radius 1 is 0.426 bits per heavy atom. The van der Waals surface area contributed by atoms with Crippen LogP contribution in [-0.2, 0) is 89.6 Å². The minimum atomic E-state index is -1.94. The second-order valence-electron chi connectivity index (χ2n) is 24.5. The Morgan fingerprint density at radius 3 is 1.26 bits per heavy atom. The van der Waals surface area contributed by atoms with Crippen molar-refractivity contribution in [2.45, 2.75) is 138 Å². The van der Waals surface area contributed by atoms with Crippen LogP contribution in [-0.4, -0.2) is 191 Å². The van der Waals surface area contributed by atoms with Crippen LogP contribution >= 0.6 is 11.8 Å². The van der Waals surface area contributed by atoms with Gasteiger partial charge in [0.25, 0.3) is 0 Å². The first-order chi connectivity index (χ1) is 48.1. The monoisotopic (exact) mass is 1420 g/mol. The summed E-state index contributed by atoms with van der Waals surface area (Å²) in [6.07, 6.45) is -0.0966. The number of fused-ring (bicyclic) bond motifs is 1. The Kier molecular flexibility index (Phi) is 30.4. The third kappa shape index (κ3) is 25.6. The second-order valence-corrected chi connectivity index (χ2v) is 25.5. The van der Waals surface area contributed by atoms with Crippen LogP contribution in [0.4, 0.5) is 0 Å². The van der Waals surface area contributed by atoms with Gasteiger partial charge in [0, 0.05) is 55.6 Å². The van der Waals surface area contributed by atoms with Gasteiger partial charge < -0.3 is 94.3 Å². The lowest BCUT2D eigenvalue weighted by molar-refractivity contribution is -0.143. The van der Waals surface area contributed by atoms with Crippen LogP contribution in [0.2, 0.25) is 0 Å². The van der Waals surface area contributed by atoms with Crippen LogP contribution < -0.4 is 53.6 Å². The van der Waals surface area contributed by atoms with Crippen LogP contribution in [0.5, 0.6) is 17.2 Å². The summed E-state index contributed by atoms with van der Waals surface area (Å²) in [5.74, 6) is -14.0. The number of aliphatic hydroxyl groups excluding tert-OH is 1. The Morgan fingerprint density at radius 2 is 0.802 bits per heavy atom. The largest absolute Gasteiger partial charge is 0.508 e. The van der Waals surface area contributed by atoms with Gasteiger partial charge in [0.15, 0.2) is 0 Å². The molecule has 0 spiro atoms. The summed E-state index contributed by atoms with van der Waals surface area (Å²) in [6, 6.07) is 15.2. The number of carboxylic acids is 3. The lowest BCUT2D eigenvalue weighted by atomic mass is 9.99. The topological polar surface area (TPSA) is 497 Å². The van der Waals surface area contributed by atoms with Gasteiger partial charge in [-0.25, -0.2) is 4.79 Å². The van der Waals surface area contributed by atoms with Crippen LogP contribution in [0, 0.1) is 5.92 Å². The number of aromatic nitrogens is 1. The number of aliphatic carboxylic acids is 3. The first-order valence-electron chi connectivity index (χ1n) is 32.3. The van der Waals surface area contributed by atoms with E-state index in [9.17, 15) is 93.3 Å². The van der Waals surface area contributed by atoms with E-state index in [1.807, 2.05) is 6.26 Å². The molecule has 101 heavy (non-hydrogen) atoms. The summed E-state index contributed by atoms with van der Waals surface area (Å²) < 4.78 is 0. The average Bonchev–Trinajstić information content (AvgIpc) is 1.77. The van der Waals surface area contributed by atoms with Crippen molar-refractivity contribution >= 4 is 93.7 Å². The van der Waals surface area contributed by atoms with Gasteiger partial charge in [-0.1, -0.05) is 98.8 Å². The number of thioether (sulfide) groups is 1. The number of H-pyrrole nitrogens is 1. The van der Waals surface area contributed by atoms with E-state index in [4.69, 9.17) is 5.73 Å². The summed E-state index contributed by atoms with van der Waals surface area (Å²) in [5.41, 5.74) is 8.65. The number of phenolic OH excluding ortho intramolecular Hbond substituents is 3. The Bertz CT molecular complexity index is 3840. The number of benzene rings is 5. The van der Waals surface area contributed by atoms with E-state index in [1.54, 1.807) is 74.6 Å². The van der Waals surface area contributed by atoms with Gasteiger partial charge in [0.2, 0.25) is 53.2 Å². The highest BCUT2D eigenvalue weighted by molar-refractivity contribution is 7.98. The highest BCUT2D eigenvalue weighted by atomic mass is 32.2. The molecule has 0 aliphatic carbocycles. The zero-order valence-corrected chi connectivity index (χ0v) is 56.4. The maximum Gasteiger partial charge on any atom is 0.326 e. The van der Waals surface area contributed by atoms with Gasteiger partial charge in [-0.2, -0.15) is 11.8 Å². The molecule has 0 fully saturated rings. The molecule has 19 N–H and O–H groups in total. The standard InChI is InChI=1S/C70H85N11O19S/c1-38(2)29-51(74-62(91)50(25-26-59(86)87)73-61(90)48(71)27-28-101-3)63(92)78-55(34-43-36-72-49-12-8-7-11-47(43)49)67(96)81-58(37-82)69(98)77-54(32-41-15-21-45(84)22-16-41)65(94)76-53(31-40-13-19-44(83)20-14-40)64(93)75-52(30-39-9-5-4-6-10-39)66(95)79-56(35-60(88)89)68(97)80-57(70(99)100)33-42-17-23-46(85)24-18-42/h4-24,36,38,48,50-58,72,82-85H,25-35,37,71H2,1-3H3,(H,73,90)(H,74,91)(H,75,93)(H,76,94)(H,77,98)(H,78,92)(H,79,95)(H,80,97)(H,81,96)(H,86,87)(H,88,89)(H,99,100)/t48-,50-,51-,52-,53-,54-,55-,56-,57-,58-/m0/s1. The van der Waals surface area contributed by atoms with E-state index in [0.29, 0.717) is 44.5 Å². The van der Waals surface area contributed by atoms with Crippen LogP contribution in [0.25, 0.3) is 10.9 Å². The molecule has 0 radical (unpaired) electrons. The maximum absolute atomic E-state index is 15.0. The molecule has 9 amide bonds. The molecule has 540 valence electrons. The summed E-state index contributed by atoms with van der Waals surface area (Å²) in [4.78, 5) is 169. The zero-order chi connectivity index (χ0) is 73.9. The summed E-state index contributed by atoms with van der Waals surface area (Å²) in [5, 5.41) is 93.8. The first kappa shape index (κ1) is 78.9. The lowest BCUT2D eigenvalue weighted by Crippen LogP contribution is -2.62. The molecule has 0 saturated heterocycles. The molecule has 5 aromatic carbocycles. The number of carbonyl (C=O) groups is 12. The Labute approximate surface area is 584 Å². The van der Waals surface area contributed by atoms with Crippen molar-refractivity contribution in [3.05, 3.63) is 161 Å². The smallest absolute Gasteiger partial charge is 0.326 e. The quantitative estimate of drug-likeness (QED) is 0.0252. The summed E-state index contributed by atoms with van der Waals surface area (Å²) in [6.45, 7) is 2.36. The number of hydrogen-bond donors (Lipinski definition) is 18. The molecule has 0 aliphatic rings. The number of hydrogen-bond acceptors (Lipinski definition) is 18. The molecule has 31 heteroatoms. The Hall–Kier alpha value is -11.0. The number of phenols is 3. The summed E-state index contributed by atoms with van der Waals surface area (Å²) in [7, 11) is 0. The molecular weight excluding hydrogens is 1330 g/mol. The van der Waals surface area contributed by atoms with Gasteiger partial charge in [-0.05, 0) is 107 Å². The van der Waals surface area contributed by atoms with Crippen molar-refractivity contribution in [1.82, 2.24) is 52.8 Å². The fraction of sp³-hybridized carbons (Fsp3) is 0.371. The van der Waals surface area contributed by atoms with Crippen molar-refractivity contribution in [3.63, 3.8) is 0 Å². The number of carboxylic acid groups (broad SMARTS) is 3. The van der Waals surface area contributed by atoms with Gasteiger partial charge in [-0.15, -0.1) is 0 Å². The molecule has 0 aliphatic heterocycles. The zero-order valence-electron chi connectivity index (χ0n) is 55.6. The number of rotatable bonds is 40. The van der Waals surface area contributed by atoms with Gasteiger partial charge >= 0.3 is 17.9 Å². The van der Waals surface area contributed by atoms with Crippen LogP contribution in [0.3, 0.4) is 0 Å². The highest BCUT2D eigenvalue weighted by Crippen LogP contribution is 2.21. The number of aromatic hydroxyl groups is 3. The van der Waals surface area contributed by atoms with Gasteiger partial charge in [-0.3, -0.25) is 52.7 Å². The van der Waals surface area contributed by atoms with Gasteiger partial charge in [0.1, 0.15) is 71.6 Å². The number of aliphatic hydroxyl groups is 1. The van der Waals surface area contributed by atoms with E-state index < -0.39 is 157 Å². The van der Waals surface area contributed by atoms with Crippen molar-refractivity contribution in [2.24, 2.45) is 11.7 Å². The fourth-order valence-electron chi connectivity index (χ4n) is 10.7. The van der Waals surface area contributed by atoms with Crippen molar-refractivity contribution < 1.29 is 93.3 Å². The number of carbonyl (C=O) groups excluding carboxylic acids is 9. The number of nitrogens with two attached hydrogens (primary N) is 1. The predicted octanol–water partition coefficient (Wildman–Crippen LogP) is 0.704. The normalized spacial score (nSPS) is 14.1. The number of amides is 9. The molecule has 0 saturated carbocycles. The number of para-hydroxylation sites is 1. The molecule has 0 unspecified atom stereocenters. The maximum atomic E-state index is 15.0. The van der Waals surface area contributed by atoms with Crippen molar-refractivity contribution in [3.8, 4) is 17.2 Å². The number of aromatic amines is 1. The first-order valence-corrected chi connectivity index (χ1v) is 33.7. The van der Waals surface area contributed by atoms with E-state index >= 15 is 0 Å². The highest BCUT2D eigenvalue weighted by Gasteiger charge is 2.37. The molecule has 6 aromatic rings. The minimum Gasteiger partial charge on any atom is -0.508 e. The van der Waals surface area contributed by atoms with E-state index in [0.717, 1.165) is 0 Å². The van der Waals surface area contributed by atoms with E-state index in [-0.39, 0.29) is 68.1 Å². The van der Waals surface area contributed by atoms with Crippen LogP contribution in [0.15, 0.2) is 134 Å². The fourth-order valence-corrected chi connectivity index (χ4v) is 11.2. The van der Waals surface area contributed by atoms with Crippen LogP contribution in [0.1, 0.15) is 73.8 Å². The van der Waals surface area contributed by atoms with Crippen molar-refractivity contribution in [1.29, 1.82) is 0 Å². The molecule has 10 atom stereocenters. The molecule has 1 aromatic heterocycles. The van der Waals surface area contributed by atoms with Crippen molar-refractivity contribution in [2.75, 3.05) is 18.6 Å². The predicted molar refractivity (Wildman–Crippen MR) is 369 cm³/mol. The third-order valence-electron chi connectivity index (χ3n) is 16.1. The average molecular weight is 1420 g/mol. The Balaban J connectivity index is 1.29. The molecule has 30 nitrogen and oxygen atoms in total. The molecule has 6 rings (SSSR count). The molecule has 1 heterocycles. The van der Waals surface area contributed by atoms with Gasteiger partial charge in [0.05, 0.1) is 19.1 Å². The SMILES string of the molecule is CSCC[C@H](N)C(=O)N[C@@H](CCC(=O)O)C(=O)N[C@@H](CC(C)C)C(=O)N[C@@H](Cc1c[nH]c2ccccc12)C(=O)N[C@@H](CO)C(=O)N[C@@H](Cc1ccc(O)cc1)C(=O)N[C@@H](Cc1ccc(O)cc1)C(=O)N[C@@H](Cc1ccccc1)C(=O)N[C@@H](CC(=O)O)C(=O)N[C@@H](Cc1ccc(O)cc1)C(=O)O. The molecule has 0 bridgehead atoms. The van der Waals surface area contributed by atoms with E-state index in [2.05, 4.69) is 52.8 Å². The summed E-state index contributed by atoms with van der Waals surface area (Å²) >= 11 is 1.43. The second kappa shape index (κ2) is 38.9. The number of nitrogens with one attached hydrogen (secondary N) is 10.